The summed E-state index contributed by atoms with van der Waals surface area (Å²) in [5.41, 5.74) is 0. The van der Waals surface area contributed by atoms with Crippen molar-refractivity contribution in [3.8, 4) is 0 Å². The minimum absolute atomic E-state index is 0.0807. The van der Waals surface area contributed by atoms with Crippen LogP contribution in [0.4, 0.5) is 0 Å². The highest BCUT2D eigenvalue weighted by molar-refractivity contribution is 7.99. The van der Waals surface area contributed by atoms with E-state index in [1.165, 1.54) is 6.92 Å². The van der Waals surface area contributed by atoms with E-state index in [-0.39, 0.29) is 18.4 Å². The Hall–Kier alpha value is -0.790. The van der Waals surface area contributed by atoms with Gasteiger partial charge in [0.05, 0.1) is 6.10 Å². The van der Waals surface area contributed by atoms with E-state index in [0.717, 1.165) is 18.1 Å². The standard InChI is InChI=1S/C10H18N2O4S/c1-6(13)9(10(15)16)12-8(14)4-7-5-17-3-2-11-7/h6-7,9,11,13H,2-5H2,1H3,(H,12,14)(H,15,16). The van der Waals surface area contributed by atoms with Crippen LogP contribution in [0.2, 0.25) is 0 Å². The van der Waals surface area contributed by atoms with Gasteiger partial charge in [0, 0.05) is 30.5 Å². The molecule has 4 N–H and O–H groups in total. The summed E-state index contributed by atoms with van der Waals surface area (Å²) in [6.07, 6.45) is -0.867. The molecule has 1 aliphatic heterocycles. The van der Waals surface area contributed by atoms with Crippen LogP contribution in [0.3, 0.4) is 0 Å². The molecule has 1 fully saturated rings. The predicted molar refractivity (Wildman–Crippen MR) is 65.0 cm³/mol. The summed E-state index contributed by atoms with van der Waals surface area (Å²) >= 11 is 1.77. The van der Waals surface area contributed by atoms with Crippen molar-refractivity contribution >= 4 is 23.6 Å². The molecule has 98 valence electrons. The van der Waals surface area contributed by atoms with Gasteiger partial charge in [-0.1, -0.05) is 0 Å². The second-order valence-corrected chi connectivity index (χ2v) is 5.20. The molecule has 17 heavy (non-hydrogen) atoms. The fourth-order valence-electron chi connectivity index (χ4n) is 1.60. The summed E-state index contributed by atoms with van der Waals surface area (Å²) in [6, 6.07) is -1.16. The summed E-state index contributed by atoms with van der Waals surface area (Å²) in [4.78, 5) is 22.4. The van der Waals surface area contributed by atoms with Crippen molar-refractivity contribution in [1.29, 1.82) is 0 Å². The van der Waals surface area contributed by atoms with Crippen molar-refractivity contribution < 1.29 is 19.8 Å². The molecule has 3 atom stereocenters. The largest absolute Gasteiger partial charge is 0.480 e. The lowest BCUT2D eigenvalue weighted by atomic mass is 10.1. The van der Waals surface area contributed by atoms with Crippen LogP contribution in [0.25, 0.3) is 0 Å². The Bertz CT molecular complexity index is 279. The van der Waals surface area contributed by atoms with Crippen LogP contribution >= 0.6 is 11.8 Å². The van der Waals surface area contributed by atoms with E-state index in [9.17, 15) is 14.7 Å². The van der Waals surface area contributed by atoms with Crippen molar-refractivity contribution in [1.82, 2.24) is 10.6 Å². The van der Waals surface area contributed by atoms with Crippen LogP contribution in [0.5, 0.6) is 0 Å². The van der Waals surface area contributed by atoms with E-state index in [1.807, 2.05) is 0 Å². The number of carboxylic acids is 1. The van der Waals surface area contributed by atoms with Crippen molar-refractivity contribution in [3.63, 3.8) is 0 Å². The third-order valence-electron chi connectivity index (χ3n) is 2.50. The van der Waals surface area contributed by atoms with Gasteiger partial charge in [-0.3, -0.25) is 4.79 Å². The van der Waals surface area contributed by atoms with Crippen LogP contribution < -0.4 is 10.6 Å². The van der Waals surface area contributed by atoms with Crippen LogP contribution in [-0.2, 0) is 9.59 Å². The van der Waals surface area contributed by atoms with Gasteiger partial charge < -0.3 is 20.8 Å². The molecule has 1 heterocycles. The Balaban J connectivity index is 2.38. The molecule has 0 saturated carbocycles. The molecule has 3 unspecified atom stereocenters. The second-order valence-electron chi connectivity index (χ2n) is 4.05. The highest BCUT2D eigenvalue weighted by Crippen LogP contribution is 2.10. The van der Waals surface area contributed by atoms with Gasteiger partial charge in [-0.2, -0.15) is 11.8 Å². The Morgan fingerprint density at radius 1 is 1.59 bits per heavy atom. The Morgan fingerprint density at radius 3 is 2.76 bits per heavy atom. The highest BCUT2D eigenvalue weighted by Gasteiger charge is 2.26. The molecule has 0 radical (unpaired) electrons. The van der Waals surface area contributed by atoms with E-state index in [4.69, 9.17) is 5.11 Å². The summed E-state index contributed by atoms with van der Waals surface area (Å²) < 4.78 is 0. The zero-order valence-corrected chi connectivity index (χ0v) is 10.5. The van der Waals surface area contributed by atoms with Crippen molar-refractivity contribution in [3.05, 3.63) is 0 Å². The number of carboxylic acid groups (broad SMARTS) is 1. The molecule has 1 aliphatic rings. The predicted octanol–water partition coefficient (Wildman–Crippen LogP) is -0.968. The summed E-state index contributed by atoms with van der Waals surface area (Å²) in [7, 11) is 0. The van der Waals surface area contributed by atoms with E-state index in [1.54, 1.807) is 11.8 Å². The van der Waals surface area contributed by atoms with E-state index in [0.29, 0.717) is 0 Å². The number of rotatable bonds is 5. The Morgan fingerprint density at radius 2 is 2.29 bits per heavy atom. The third kappa shape index (κ3) is 4.93. The van der Waals surface area contributed by atoms with Crippen LogP contribution in [0.1, 0.15) is 13.3 Å². The van der Waals surface area contributed by atoms with Gasteiger partial charge in [0.25, 0.3) is 0 Å². The van der Waals surface area contributed by atoms with Crippen molar-refractivity contribution in [2.45, 2.75) is 31.5 Å². The lowest BCUT2D eigenvalue weighted by molar-refractivity contribution is -0.144. The minimum Gasteiger partial charge on any atom is -0.480 e. The maximum absolute atomic E-state index is 11.6. The van der Waals surface area contributed by atoms with Gasteiger partial charge in [-0.05, 0) is 6.92 Å². The van der Waals surface area contributed by atoms with E-state index >= 15 is 0 Å². The lowest BCUT2D eigenvalue weighted by Crippen LogP contribution is -2.50. The number of amides is 1. The average molecular weight is 262 g/mol. The molecule has 0 bridgehead atoms. The molecule has 1 amide bonds. The summed E-state index contributed by atoms with van der Waals surface area (Å²) in [5, 5.41) is 23.5. The fraction of sp³-hybridized carbons (Fsp3) is 0.800. The average Bonchev–Trinajstić information content (AvgIpc) is 2.26. The maximum Gasteiger partial charge on any atom is 0.328 e. The van der Waals surface area contributed by atoms with Crippen molar-refractivity contribution in [2.24, 2.45) is 0 Å². The third-order valence-corrected chi connectivity index (χ3v) is 3.63. The smallest absolute Gasteiger partial charge is 0.328 e. The summed E-state index contributed by atoms with van der Waals surface area (Å²) in [6.45, 7) is 2.20. The summed E-state index contributed by atoms with van der Waals surface area (Å²) in [5.74, 6) is 0.307. The van der Waals surface area contributed by atoms with Crippen molar-refractivity contribution in [2.75, 3.05) is 18.1 Å². The number of hydrogen-bond donors (Lipinski definition) is 4. The maximum atomic E-state index is 11.6. The van der Waals surface area contributed by atoms with Gasteiger partial charge in [0.1, 0.15) is 0 Å². The quantitative estimate of drug-likeness (QED) is 0.509. The Kier molecular flexibility index (Phi) is 5.73. The molecule has 7 heteroatoms. The molecule has 0 aromatic heterocycles. The van der Waals surface area contributed by atoms with Gasteiger partial charge in [0.15, 0.2) is 6.04 Å². The van der Waals surface area contributed by atoms with E-state index in [2.05, 4.69) is 10.6 Å². The number of carbonyl (C=O) groups excluding carboxylic acids is 1. The van der Waals surface area contributed by atoms with Gasteiger partial charge >= 0.3 is 5.97 Å². The number of thioether (sulfide) groups is 1. The zero-order chi connectivity index (χ0) is 12.8. The highest BCUT2D eigenvalue weighted by atomic mass is 32.2. The van der Waals surface area contributed by atoms with Gasteiger partial charge in [0.2, 0.25) is 5.91 Å². The monoisotopic (exact) mass is 262 g/mol. The molecule has 0 spiro atoms. The SMILES string of the molecule is CC(O)C(NC(=O)CC1CSCCN1)C(=O)O. The fourth-order valence-corrected chi connectivity index (χ4v) is 2.54. The van der Waals surface area contributed by atoms with Gasteiger partial charge in [-0.15, -0.1) is 0 Å². The number of aliphatic carboxylic acids is 1. The normalized spacial score (nSPS) is 23.8. The van der Waals surface area contributed by atoms with Crippen LogP contribution in [0.15, 0.2) is 0 Å². The van der Waals surface area contributed by atoms with Gasteiger partial charge in [-0.25, -0.2) is 4.79 Å². The molecular formula is C10H18N2O4S. The molecule has 6 nitrogen and oxygen atoms in total. The molecule has 1 rings (SSSR count). The zero-order valence-electron chi connectivity index (χ0n) is 9.68. The first-order valence-electron chi connectivity index (χ1n) is 5.52. The Labute approximate surface area is 104 Å². The number of nitrogens with one attached hydrogen (secondary N) is 2. The molecular weight excluding hydrogens is 244 g/mol. The molecule has 0 aromatic rings. The van der Waals surface area contributed by atoms with E-state index < -0.39 is 18.1 Å². The number of aliphatic hydroxyl groups excluding tert-OH is 1. The first kappa shape index (κ1) is 14.3. The van der Waals surface area contributed by atoms with Crippen LogP contribution in [0, 0.1) is 0 Å². The topological polar surface area (TPSA) is 98.7 Å². The number of hydrogen-bond acceptors (Lipinski definition) is 5. The molecule has 1 saturated heterocycles. The van der Waals surface area contributed by atoms with Crippen LogP contribution in [-0.4, -0.2) is 58.3 Å². The first-order chi connectivity index (χ1) is 8.00. The molecule has 0 aromatic carbocycles. The lowest BCUT2D eigenvalue weighted by Gasteiger charge is -2.24. The first-order valence-corrected chi connectivity index (χ1v) is 6.67. The minimum atomic E-state index is -1.24. The molecule has 0 aliphatic carbocycles. The number of carbonyl (C=O) groups is 2. The second kappa shape index (κ2) is 6.83. The number of aliphatic hydroxyl groups is 1.